The van der Waals surface area contributed by atoms with Crippen molar-refractivity contribution in [3.63, 3.8) is 0 Å². The van der Waals surface area contributed by atoms with Crippen molar-refractivity contribution in [1.82, 2.24) is 0 Å². The molecule has 2 rings (SSSR count). The highest BCUT2D eigenvalue weighted by Crippen LogP contribution is 2.23. The van der Waals surface area contributed by atoms with Crippen molar-refractivity contribution in [2.75, 3.05) is 12.0 Å². The van der Waals surface area contributed by atoms with E-state index in [0.29, 0.717) is 12.4 Å². The number of anilines is 1. The number of hydrogen-bond acceptors (Lipinski definition) is 5. The van der Waals surface area contributed by atoms with E-state index < -0.39 is 10.1 Å². The minimum atomic E-state index is -3.92. The molecule has 6 heteroatoms. The number of hydrogen-bond donors (Lipinski definition) is 1. The van der Waals surface area contributed by atoms with Gasteiger partial charge in [0.2, 0.25) is 0 Å². The highest BCUT2D eigenvalue weighted by molar-refractivity contribution is 7.84. The summed E-state index contributed by atoms with van der Waals surface area (Å²) in [7, 11) is -3.92. The average Bonchev–Trinajstić information content (AvgIpc) is 2.31. The normalized spacial score (nSPS) is 16.3. The van der Waals surface area contributed by atoms with Gasteiger partial charge in [0.25, 0.3) is 0 Å². The number of rotatable bonds is 2. The van der Waals surface area contributed by atoms with Crippen molar-refractivity contribution >= 4 is 15.8 Å². The van der Waals surface area contributed by atoms with Crippen LogP contribution >= 0.6 is 0 Å². The first kappa shape index (κ1) is 15.8. The third kappa shape index (κ3) is 8.45. The minimum absolute atomic E-state index is 0.423. The van der Waals surface area contributed by atoms with E-state index in [1.54, 1.807) is 0 Å². The molecule has 1 aliphatic carbocycles. The van der Waals surface area contributed by atoms with Crippen molar-refractivity contribution in [3.8, 4) is 5.75 Å². The molecule has 1 aromatic rings. The van der Waals surface area contributed by atoms with E-state index in [2.05, 4.69) is 0 Å². The first-order valence-corrected chi connectivity index (χ1v) is 8.09. The van der Waals surface area contributed by atoms with E-state index >= 15 is 0 Å². The molecule has 0 aromatic heterocycles. The highest BCUT2D eigenvalue weighted by atomic mass is 32.2. The van der Waals surface area contributed by atoms with Gasteiger partial charge in [-0.3, -0.25) is 0 Å². The van der Waals surface area contributed by atoms with Crippen molar-refractivity contribution < 1.29 is 17.7 Å². The molecule has 0 unspecified atom stereocenters. The minimum Gasteiger partial charge on any atom is -0.748 e. The van der Waals surface area contributed by atoms with Gasteiger partial charge in [-0.1, -0.05) is 6.42 Å². The summed E-state index contributed by atoms with van der Waals surface area (Å²) in [6, 6.07) is 7.67. The lowest BCUT2D eigenvalue weighted by Crippen LogP contribution is -2.19. The third-order valence-electron chi connectivity index (χ3n) is 2.74. The van der Waals surface area contributed by atoms with Crippen LogP contribution in [0, 0.1) is 0 Å². The largest absolute Gasteiger partial charge is 0.748 e. The van der Waals surface area contributed by atoms with Gasteiger partial charge in [0.1, 0.15) is 5.75 Å². The number of ether oxygens (including phenoxy) is 1. The van der Waals surface area contributed by atoms with Crippen LogP contribution in [0.15, 0.2) is 24.3 Å². The van der Waals surface area contributed by atoms with Crippen LogP contribution in [0.2, 0.25) is 0 Å². The van der Waals surface area contributed by atoms with E-state index in [4.69, 9.17) is 23.4 Å². The van der Waals surface area contributed by atoms with Gasteiger partial charge in [-0.2, -0.15) is 0 Å². The van der Waals surface area contributed by atoms with Crippen molar-refractivity contribution in [3.05, 3.63) is 24.3 Å². The van der Waals surface area contributed by atoms with Gasteiger partial charge in [0, 0.05) is 11.9 Å². The molecule has 5 nitrogen and oxygen atoms in total. The molecule has 0 atom stereocenters. The summed E-state index contributed by atoms with van der Waals surface area (Å²) >= 11 is 0. The Morgan fingerprint density at radius 3 is 2.11 bits per heavy atom. The molecule has 0 saturated heterocycles. The number of benzene rings is 1. The summed E-state index contributed by atoms with van der Waals surface area (Å²) in [5.74, 6) is 0.950. The van der Waals surface area contributed by atoms with Crippen molar-refractivity contribution in [2.24, 2.45) is 0 Å². The second-order valence-corrected chi connectivity index (χ2v) is 6.06. The van der Waals surface area contributed by atoms with Crippen LogP contribution in [0.4, 0.5) is 5.69 Å². The molecule has 1 saturated carbocycles. The SMILES string of the molecule is CS(=O)(=O)[O-].Nc1ccc(OC2CCCCC2)cc1. The van der Waals surface area contributed by atoms with Gasteiger partial charge in [-0.05, 0) is 49.9 Å². The Morgan fingerprint density at radius 1 is 1.16 bits per heavy atom. The number of nitrogens with two attached hydrogens (primary N) is 1. The molecule has 0 heterocycles. The first-order chi connectivity index (χ1) is 8.84. The maximum absolute atomic E-state index is 9.08. The molecular weight excluding hydrogens is 266 g/mol. The summed E-state index contributed by atoms with van der Waals surface area (Å²) in [6.07, 6.45) is 7.40. The van der Waals surface area contributed by atoms with Crippen LogP contribution in [0.3, 0.4) is 0 Å². The second-order valence-electron chi connectivity index (χ2n) is 4.65. The maximum atomic E-state index is 9.08. The summed E-state index contributed by atoms with van der Waals surface area (Å²) in [4.78, 5) is 0. The fraction of sp³-hybridized carbons (Fsp3) is 0.538. The second kappa shape index (κ2) is 7.35. The smallest absolute Gasteiger partial charge is 0.119 e. The molecule has 19 heavy (non-hydrogen) atoms. The van der Waals surface area contributed by atoms with E-state index in [1.807, 2.05) is 24.3 Å². The summed E-state index contributed by atoms with van der Waals surface area (Å²) < 4.78 is 33.1. The van der Waals surface area contributed by atoms with Crippen molar-refractivity contribution in [1.29, 1.82) is 0 Å². The quantitative estimate of drug-likeness (QED) is 0.664. The summed E-state index contributed by atoms with van der Waals surface area (Å²) in [5, 5.41) is 0. The van der Waals surface area contributed by atoms with E-state index in [-0.39, 0.29) is 0 Å². The predicted molar refractivity (Wildman–Crippen MR) is 74.0 cm³/mol. The molecule has 1 fully saturated rings. The Hall–Kier alpha value is -1.27. The molecule has 2 N–H and O–H groups in total. The lowest BCUT2D eigenvalue weighted by Gasteiger charge is -2.22. The fourth-order valence-electron chi connectivity index (χ4n) is 1.92. The zero-order valence-electron chi connectivity index (χ0n) is 11.0. The Morgan fingerprint density at radius 2 is 1.63 bits per heavy atom. The monoisotopic (exact) mass is 286 g/mol. The summed E-state index contributed by atoms with van der Waals surface area (Å²) in [6.45, 7) is 0. The van der Waals surface area contributed by atoms with E-state index in [1.165, 1.54) is 32.1 Å². The van der Waals surface area contributed by atoms with Crippen LogP contribution in [0.1, 0.15) is 32.1 Å². The van der Waals surface area contributed by atoms with Gasteiger partial charge in [0.05, 0.1) is 16.2 Å². The topological polar surface area (TPSA) is 92.5 Å². The van der Waals surface area contributed by atoms with Crippen LogP contribution in [-0.2, 0) is 10.1 Å². The Balaban J connectivity index is 0.000000312. The van der Waals surface area contributed by atoms with Gasteiger partial charge in [0.15, 0.2) is 0 Å². The molecule has 0 amide bonds. The predicted octanol–water partition coefficient (Wildman–Crippen LogP) is 2.14. The van der Waals surface area contributed by atoms with Crippen molar-refractivity contribution in [2.45, 2.75) is 38.2 Å². The third-order valence-corrected chi connectivity index (χ3v) is 2.74. The highest BCUT2D eigenvalue weighted by Gasteiger charge is 2.14. The van der Waals surface area contributed by atoms with Crippen LogP contribution < -0.4 is 10.5 Å². The molecule has 1 aromatic carbocycles. The summed E-state index contributed by atoms with van der Waals surface area (Å²) in [5.41, 5.74) is 6.40. The number of nitrogen functional groups attached to an aromatic ring is 1. The molecule has 1 aliphatic rings. The molecule has 0 radical (unpaired) electrons. The van der Waals surface area contributed by atoms with Gasteiger partial charge in [-0.15, -0.1) is 0 Å². The zero-order valence-corrected chi connectivity index (χ0v) is 11.9. The first-order valence-electron chi connectivity index (χ1n) is 6.27. The van der Waals surface area contributed by atoms with Crippen LogP contribution in [0.5, 0.6) is 5.75 Å². The Kier molecular flexibility index (Phi) is 6.11. The molecule has 0 aliphatic heterocycles. The lowest BCUT2D eigenvalue weighted by atomic mass is 9.98. The maximum Gasteiger partial charge on any atom is 0.119 e. The van der Waals surface area contributed by atoms with Crippen LogP contribution in [-0.4, -0.2) is 25.3 Å². The zero-order chi connectivity index (χ0) is 14.3. The lowest BCUT2D eigenvalue weighted by molar-refractivity contribution is 0.155. The van der Waals surface area contributed by atoms with E-state index in [9.17, 15) is 0 Å². The van der Waals surface area contributed by atoms with Crippen LogP contribution in [0.25, 0.3) is 0 Å². The fourth-order valence-corrected chi connectivity index (χ4v) is 1.92. The van der Waals surface area contributed by atoms with Gasteiger partial charge < -0.3 is 15.0 Å². The van der Waals surface area contributed by atoms with Gasteiger partial charge >= 0.3 is 0 Å². The van der Waals surface area contributed by atoms with Gasteiger partial charge in [-0.25, -0.2) is 8.42 Å². The van der Waals surface area contributed by atoms with E-state index in [0.717, 1.165) is 11.4 Å². The molecular formula is C13H20NO4S-. The standard InChI is InChI=1S/C12H17NO.CH4O3S/c13-10-6-8-12(9-7-10)14-11-4-2-1-3-5-11;1-5(2,3)4/h6-9,11H,1-5,13H2;1H3,(H,2,3,4)/p-1. The average molecular weight is 286 g/mol. The Bertz CT molecular complexity index is 456. The molecule has 0 spiro atoms. The Labute approximate surface area is 114 Å². The molecule has 108 valence electrons. The molecule has 0 bridgehead atoms.